The normalized spacial score (nSPS) is 35.4. The predicted molar refractivity (Wildman–Crippen MR) is 59.4 cm³/mol. The van der Waals surface area contributed by atoms with Crippen LogP contribution in [-0.4, -0.2) is 17.4 Å². The van der Waals surface area contributed by atoms with Crippen LogP contribution in [0.5, 0.6) is 0 Å². The quantitative estimate of drug-likeness (QED) is 0.716. The number of guanidine groups is 1. The Bertz CT molecular complexity index is 290. The lowest BCUT2D eigenvalue weighted by atomic mass is 9.75. The molecule has 1 aliphatic heterocycles. The number of nitrogens with one attached hydrogen (secondary N) is 1. The lowest BCUT2D eigenvalue weighted by Crippen LogP contribution is -2.43. The minimum atomic E-state index is -0.506. The van der Waals surface area contributed by atoms with Gasteiger partial charge in [0.25, 0.3) is 5.91 Å². The summed E-state index contributed by atoms with van der Waals surface area (Å²) in [5.74, 6) is 1.09. The molecule has 1 saturated carbocycles. The molecular weight excluding hydrogens is 190 g/mol. The second-order valence-electron chi connectivity index (χ2n) is 4.71. The van der Waals surface area contributed by atoms with Crippen molar-refractivity contribution < 1.29 is 4.79 Å². The van der Waals surface area contributed by atoms with Crippen molar-refractivity contribution in [2.75, 3.05) is 0 Å². The summed E-state index contributed by atoms with van der Waals surface area (Å²) in [5, 5.41) is 2.61. The highest BCUT2D eigenvalue weighted by atomic mass is 16.2. The average Bonchev–Trinajstić information content (AvgIpc) is 2.47. The smallest absolute Gasteiger partial charge is 0.254 e. The molecule has 84 valence electrons. The van der Waals surface area contributed by atoms with Gasteiger partial charge in [0.2, 0.25) is 0 Å². The van der Waals surface area contributed by atoms with Crippen molar-refractivity contribution in [3.05, 3.63) is 0 Å². The molecule has 1 fully saturated rings. The van der Waals surface area contributed by atoms with Gasteiger partial charge in [-0.15, -0.1) is 0 Å². The Morgan fingerprint density at radius 3 is 2.67 bits per heavy atom. The van der Waals surface area contributed by atoms with Crippen LogP contribution in [0.1, 0.15) is 45.4 Å². The molecule has 2 rings (SSSR count). The fourth-order valence-electron chi connectivity index (χ4n) is 2.73. The van der Waals surface area contributed by atoms with Crippen molar-refractivity contribution in [2.45, 2.75) is 51.0 Å². The van der Waals surface area contributed by atoms with Crippen molar-refractivity contribution >= 4 is 11.9 Å². The molecule has 0 aromatic heterocycles. The van der Waals surface area contributed by atoms with E-state index in [2.05, 4.69) is 17.2 Å². The molecule has 0 radical (unpaired) electrons. The first-order valence-electron chi connectivity index (χ1n) is 5.83. The summed E-state index contributed by atoms with van der Waals surface area (Å²) in [7, 11) is 0. The molecule has 15 heavy (non-hydrogen) atoms. The van der Waals surface area contributed by atoms with Crippen LogP contribution in [0.2, 0.25) is 0 Å². The van der Waals surface area contributed by atoms with E-state index in [9.17, 15) is 4.79 Å². The van der Waals surface area contributed by atoms with E-state index >= 15 is 0 Å². The molecule has 4 nitrogen and oxygen atoms in total. The average molecular weight is 209 g/mol. The number of carbonyl (C=O) groups excluding carboxylic acids is 1. The van der Waals surface area contributed by atoms with Gasteiger partial charge in [-0.2, -0.15) is 0 Å². The van der Waals surface area contributed by atoms with Crippen molar-refractivity contribution in [3.8, 4) is 0 Å². The van der Waals surface area contributed by atoms with Crippen LogP contribution < -0.4 is 11.1 Å². The highest BCUT2D eigenvalue weighted by Gasteiger charge is 2.45. The van der Waals surface area contributed by atoms with Crippen molar-refractivity contribution in [1.29, 1.82) is 0 Å². The van der Waals surface area contributed by atoms with E-state index in [1.165, 1.54) is 12.8 Å². The SMILES string of the molecule is CCCC1CCC2(CC1)N=C(N)NC2=O. The van der Waals surface area contributed by atoms with Gasteiger partial charge in [0.15, 0.2) is 5.96 Å². The minimum absolute atomic E-state index is 0.00921. The third kappa shape index (κ3) is 1.85. The van der Waals surface area contributed by atoms with Crippen molar-refractivity contribution in [2.24, 2.45) is 16.6 Å². The molecule has 1 spiro atoms. The Kier molecular flexibility index (Phi) is 2.67. The molecule has 0 bridgehead atoms. The molecule has 1 heterocycles. The molecule has 0 unspecified atom stereocenters. The third-order valence-corrected chi connectivity index (χ3v) is 3.63. The number of nitrogens with two attached hydrogens (primary N) is 1. The number of nitrogens with zero attached hydrogens (tertiary/aromatic N) is 1. The number of aliphatic imine (C=N–C) groups is 1. The summed E-state index contributed by atoms with van der Waals surface area (Å²) >= 11 is 0. The fourth-order valence-corrected chi connectivity index (χ4v) is 2.73. The Morgan fingerprint density at radius 2 is 2.20 bits per heavy atom. The second-order valence-corrected chi connectivity index (χ2v) is 4.71. The highest BCUT2D eigenvalue weighted by molar-refractivity contribution is 6.06. The first-order chi connectivity index (χ1) is 7.16. The van der Waals surface area contributed by atoms with E-state index in [-0.39, 0.29) is 5.91 Å². The van der Waals surface area contributed by atoms with E-state index < -0.39 is 5.54 Å². The third-order valence-electron chi connectivity index (χ3n) is 3.63. The van der Waals surface area contributed by atoms with E-state index in [0.717, 1.165) is 31.6 Å². The number of carbonyl (C=O) groups is 1. The van der Waals surface area contributed by atoms with Gasteiger partial charge >= 0.3 is 0 Å². The van der Waals surface area contributed by atoms with Gasteiger partial charge in [-0.1, -0.05) is 19.8 Å². The molecule has 0 aromatic rings. The monoisotopic (exact) mass is 209 g/mol. The Labute approximate surface area is 90.3 Å². The first-order valence-corrected chi connectivity index (χ1v) is 5.83. The number of hydrogen-bond acceptors (Lipinski definition) is 3. The zero-order chi connectivity index (χ0) is 10.9. The first kappa shape index (κ1) is 10.5. The number of hydrogen-bond donors (Lipinski definition) is 2. The maximum absolute atomic E-state index is 11.7. The molecule has 2 aliphatic rings. The molecule has 3 N–H and O–H groups in total. The van der Waals surface area contributed by atoms with Gasteiger partial charge in [0.05, 0.1) is 0 Å². The molecule has 0 saturated heterocycles. The van der Waals surface area contributed by atoms with E-state index in [0.29, 0.717) is 5.96 Å². The summed E-state index contributed by atoms with van der Waals surface area (Å²) in [6, 6.07) is 0. The van der Waals surface area contributed by atoms with Crippen molar-refractivity contribution in [3.63, 3.8) is 0 Å². The Hall–Kier alpha value is -1.06. The van der Waals surface area contributed by atoms with Crippen LogP contribution in [0.15, 0.2) is 4.99 Å². The van der Waals surface area contributed by atoms with E-state index in [1.807, 2.05) is 0 Å². The minimum Gasteiger partial charge on any atom is -0.370 e. The standard InChI is InChI=1S/C11H19N3O/c1-2-3-8-4-6-11(7-5-8)9(15)13-10(12)14-11/h8H,2-7H2,1H3,(H3,12,13,14,15). The summed E-state index contributed by atoms with van der Waals surface area (Å²) in [4.78, 5) is 16.0. The Morgan fingerprint density at radius 1 is 1.53 bits per heavy atom. The van der Waals surface area contributed by atoms with Crippen LogP contribution in [0, 0.1) is 5.92 Å². The Balaban J connectivity index is 2.00. The predicted octanol–water partition coefficient (Wildman–Crippen LogP) is 1.16. The molecular formula is C11H19N3O. The zero-order valence-corrected chi connectivity index (χ0v) is 9.25. The van der Waals surface area contributed by atoms with Gasteiger partial charge < -0.3 is 5.73 Å². The van der Waals surface area contributed by atoms with Gasteiger partial charge in [-0.05, 0) is 31.6 Å². The summed E-state index contributed by atoms with van der Waals surface area (Å²) in [6.07, 6.45) is 6.46. The highest BCUT2D eigenvalue weighted by Crippen LogP contribution is 2.38. The lowest BCUT2D eigenvalue weighted by molar-refractivity contribution is -0.125. The molecule has 0 atom stereocenters. The van der Waals surface area contributed by atoms with E-state index in [1.54, 1.807) is 0 Å². The lowest BCUT2D eigenvalue weighted by Gasteiger charge is -2.32. The van der Waals surface area contributed by atoms with Crippen LogP contribution in [0.4, 0.5) is 0 Å². The fraction of sp³-hybridized carbons (Fsp3) is 0.818. The number of rotatable bonds is 2. The van der Waals surface area contributed by atoms with Crippen molar-refractivity contribution in [1.82, 2.24) is 5.32 Å². The van der Waals surface area contributed by atoms with Crippen LogP contribution in [0.25, 0.3) is 0 Å². The maximum atomic E-state index is 11.7. The van der Waals surface area contributed by atoms with Crippen LogP contribution in [0.3, 0.4) is 0 Å². The molecule has 4 heteroatoms. The summed E-state index contributed by atoms with van der Waals surface area (Å²) in [5.41, 5.74) is 5.04. The topological polar surface area (TPSA) is 67.5 Å². The number of amides is 1. The van der Waals surface area contributed by atoms with Gasteiger partial charge in [-0.25, -0.2) is 4.99 Å². The van der Waals surface area contributed by atoms with Crippen LogP contribution in [-0.2, 0) is 4.79 Å². The maximum Gasteiger partial charge on any atom is 0.254 e. The zero-order valence-electron chi connectivity index (χ0n) is 9.25. The summed E-state index contributed by atoms with van der Waals surface area (Å²) in [6.45, 7) is 2.21. The largest absolute Gasteiger partial charge is 0.370 e. The second kappa shape index (κ2) is 3.83. The van der Waals surface area contributed by atoms with Gasteiger partial charge in [-0.3, -0.25) is 10.1 Å². The van der Waals surface area contributed by atoms with Gasteiger partial charge in [0.1, 0.15) is 5.54 Å². The molecule has 0 aromatic carbocycles. The molecule has 1 aliphatic carbocycles. The summed E-state index contributed by atoms with van der Waals surface area (Å²) < 4.78 is 0. The molecule has 1 amide bonds. The van der Waals surface area contributed by atoms with Crippen LogP contribution >= 0.6 is 0 Å². The van der Waals surface area contributed by atoms with E-state index in [4.69, 9.17) is 5.73 Å². The van der Waals surface area contributed by atoms with Gasteiger partial charge in [0, 0.05) is 0 Å².